The molecule has 1 heterocycles. The second-order valence-corrected chi connectivity index (χ2v) is 5.86. The van der Waals surface area contributed by atoms with Gasteiger partial charge in [0.1, 0.15) is 0 Å². The maximum absolute atomic E-state index is 11.5. The zero-order valence-corrected chi connectivity index (χ0v) is 12.5. The highest BCUT2D eigenvalue weighted by Gasteiger charge is 2.20. The molecule has 0 atom stereocenters. The van der Waals surface area contributed by atoms with Crippen LogP contribution in [0.4, 0.5) is 17.1 Å². The molecule has 1 aliphatic heterocycles. The predicted octanol–water partition coefficient (Wildman–Crippen LogP) is 1.10. The highest BCUT2D eigenvalue weighted by atomic mass is 16.2. The van der Waals surface area contributed by atoms with Crippen LogP contribution < -0.4 is 21.7 Å². The molecule has 1 aromatic rings. The summed E-state index contributed by atoms with van der Waals surface area (Å²) < 4.78 is 0. The average Bonchev–Trinajstić information content (AvgIpc) is 2.36. The molecule has 2 rings (SSSR count). The van der Waals surface area contributed by atoms with Gasteiger partial charge in [-0.05, 0) is 30.0 Å². The molecule has 0 saturated carbocycles. The fourth-order valence-electron chi connectivity index (χ4n) is 2.59. The summed E-state index contributed by atoms with van der Waals surface area (Å²) in [7, 11) is 0. The lowest BCUT2D eigenvalue weighted by Crippen LogP contribution is -2.37. The Morgan fingerprint density at radius 3 is 2.71 bits per heavy atom. The quantitative estimate of drug-likeness (QED) is 0.707. The Kier molecular flexibility index (Phi) is 4.35. The minimum atomic E-state index is -0.406. The summed E-state index contributed by atoms with van der Waals surface area (Å²) in [6.07, 6.45) is 1.16. The molecule has 0 spiro atoms. The number of nitrogens with two attached hydrogens (primary N) is 2. The summed E-state index contributed by atoms with van der Waals surface area (Å²) in [5.74, 6) is -0.0466. The lowest BCUT2D eigenvalue weighted by molar-refractivity contribution is -0.117. The molecule has 0 radical (unpaired) electrons. The lowest BCUT2D eigenvalue weighted by Gasteiger charge is -2.28. The fraction of sp³-hybridized carbons (Fsp3) is 0.467. The number of hydrogen-bond acceptors (Lipinski definition) is 4. The van der Waals surface area contributed by atoms with Crippen LogP contribution in [0.2, 0.25) is 0 Å². The monoisotopic (exact) mass is 290 g/mol. The first kappa shape index (κ1) is 15.2. The van der Waals surface area contributed by atoms with E-state index in [1.807, 2.05) is 17.0 Å². The summed E-state index contributed by atoms with van der Waals surface area (Å²) >= 11 is 0. The zero-order chi connectivity index (χ0) is 15.6. The van der Waals surface area contributed by atoms with Crippen molar-refractivity contribution in [3.05, 3.63) is 17.7 Å². The molecule has 0 aliphatic carbocycles. The minimum absolute atomic E-state index is 0.00327. The van der Waals surface area contributed by atoms with Crippen LogP contribution in [0.5, 0.6) is 0 Å². The highest BCUT2D eigenvalue weighted by Crippen LogP contribution is 2.33. The first-order valence-electron chi connectivity index (χ1n) is 7.12. The first-order chi connectivity index (χ1) is 9.86. The van der Waals surface area contributed by atoms with E-state index in [2.05, 4.69) is 19.2 Å². The van der Waals surface area contributed by atoms with E-state index >= 15 is 0 Å². The largest absolute Gasteiger partial charge is 0.397 e. The molecule has 21 heavy (non-hydrogen) atoms. The van der Waals surface area contributed by atoms with Crippen molar-refractivity contribution in [3.63, 3.8) is 0 Å². The molecule has 6 nitrogen and oxygen atoms in total. The number of aryl methyl sites for hydroxylation is 1. The van der Waals surface area contributed by atoms with Crippen LogP contribution in [-0.4, -0.2) is 24.9 Å². The number of amides is 2. The number of nitrogen functional groups attached to an aromatic ring is 1. The molecular formula is C15H22N4O2. The van der Waals surface area contributed by atoms with Crippen LogP contribution in [0.1, 0.15) is 25.8 Å². The van der Waals surface area contributed by atoms with Crippen LogP contribution in [0, 0.1) is 5.92 Å². The third-order valence-electron chi connectivity index (χ3n) is 3.42. The van der Waals surface area contributed by atoms with Gasteiger partial charge < -0.3 is 21.7 Å². The Bertz CT molecular complexity index is 569. The first-order valence-corrected chi connectivity index (χ1v) is 7.12. The molecule has 5 N–H and O–H groups in total. The Morgan fingerprint density at radius 2 is 2.10 bits per heavy atom. The van der Waals surface area contributed by atoms with Gasteiger partial charge in [0.15, 0.2) is 0 Å². The fourth-order valence-corrected chi connectivity index (χ4v) is 2.59. The topological polar surface area (TPSA) is 101 Å². The Balaban J connectivity index is 2.37. The van der Waals surface area contributed by atoms with Crippen molar-refractivity contribution in [1.29, 1.82) is 0 Å². The summed E-state index contributed by atoms with van der Waals surface area (Å²) in [5, 5.41) is 2.85. The molecular weight excluding hydrogens is 268 g/mol. The van der Waals surface area contributed by atoms with Crippen LogP contribution >= 0.6 is 0 Å². The van der Waals surface area contributed by atoms with Gasteiger partial charge in [-0.1, -0.05) is 13.8 Å². The number of nitrogens with zero attached hydrogens (tertiary/aromatic N) is 1. The lowest BCUT2D eigenvalue weighted by atomic mass is 10.0. The number of carbonyl (C=O) groups is 2. The molecule has 0 fully saturated rings. The molecule has 0 saturated heterocycles. The number of primary amides is 1. The van der Waals surface area contributed by atoms with Crippen LogP contribution in [0.15, 0.2) is 12.1 Å². The number of nitrogens with one attached hydrogen (secondary N) is 1. The second-order valence-electron chi connectivity index (χ2n) is 5.86. The van der Waals surface area contributed by atoms with E-state index in [0.717, 1.165) is 16.9 Å². The highest BCUT2D eigenvalue weighted by molar-refractivity contribution is 5.96. The van der Waals surface area contributed by atoms with Gasteiger partial charge in [0.25, 0.3) is 0 Å². The van der Waals surface area contributed by atoms with Crippen LogP contribution in [0.3, 0.4) is 0 Å². The molecule has 0 aromatic heterocycles. The van der Waals surface area contributed by atoms with Crippen molar-refractivity contribution in [1.82, 2.24) is 0 Å². The van der Waals surface area contributed by atoms with Gasteiger partial charge in [-0.2, -0.15) is 0 Å². The Morgan fingerprint density at radius 1 is 1.38 bits per heavy atom. The van der Waals surface area contributed by atoms with Gasteiger partial charge in [-0.25, -0.2) is 0 Å². The van der Waals surface area contributed by atoms with E-state index in [0.29, 0.717) is 31.0 Å². The smallest absolute Gasteiger partial charge is 0.236 e. The van der Waals surface area contributed by atoms with Gasteiger partial charge in [0.2, 0.25) is 11.8 Å². The van der Waals surface area contributed by atoms with Gasteiger partial charge in [-0.15, -0.1) is 0 Å². The molecule has 1 aromatic carbocycles. The number of carbonyl (C=O) groups excluding carboxylic acids is 2. The summed E-state index contributed by atoms with van der Waals surface area (Å²) in [5.41, 5.74) is 14.6. The predicted molar refractivity (Wildman–Crippen MR) is 84.1 cm³/mol. The Labute approximate surface area is 124 Å². The van der Waals surface area contributed by atoms with Crippen molar-refractivity contribution in [3.8, 4) is 0 Å². The van der Waals surface area contributed by atoms with Crippen molar-refractivity contribution in [2.45, 2.75) is 26.7 Å². The van der Waals surface area contributed by atoms with E-state index < -0.39 is 5.91 Å². The minimum Gasteiger partial charge on any atom is -0.397 e. The summed E-state index contributed by atoms with van der Waals surface area (Å²) in [4.78, 5) is 24.7. The van der Waals surface area contributed by atoms with Crippen LogP contribution in [0.25, 0.3) is 0 Å². The number of benzene rings is 1. The van der Waals surface area contributed by atoms with Gasteiger partial charge in [-0.3, -0.25) is 9.59 Å². The summed E-state index contributed by atoms with van der Waals surface area (Å²) in [6, 6.07) is 3.71. The third-order valence-corrected chi connectivity index (χ3v) is 3.42. The number of hydrogen-bond donors (Lipinski definition) is 3. The van der Waals surface area contributed by atoms with E-state index in [4.69, 9.17) is 11.5 Å². The van der Waals surface area contributed by atoms with Crippen molar-refractivity contribution < 1.29 is 9.59 Å². The molecule has 0 unspecified atom stereocenters. The van der Waals surface area contributed by atoms with Crippen molar-refractivity contribution in [2.24, 2.45) is 11.7 Å². The number of rotatable bonds is 5. The van der Waals surface area contributed by atoms with Crippen LogP contribution in [-0.2, 0) is 16.0 Å². The molecule has 114 valence electrons. The standard InChI is InChI=1S/C15H22N4O2/c1-9(2)7-19(8-14(17)20)13-6-12-10(5-11(13)16)3-4-15(21)18-12/h5-6,9H,3-4,7-8,16H2,1-2H3,(H2,17,20)(H,18,21). The van der Waals surface area contributed by atoms with E-state index in [1.165, 1.54) is 0 Å². The van der Waals surface area contributed by atoms with Gasteiger partial charge in [0.05, 0.1) is 17.9 Å². The second kappa shape index (κ2) is 6.03. The maximum atomic E-state index is 11.5. The molecule has 2 amide bonds. The van der Waals surface area contributed by atoms with Gasteiger partial charge >= 0.3 is 0 Å². The normalized spacial score (nSPS) is 13.8. The third kappa shape index (κ3) is 3.65. The van der Waals surface area contributed by atoms with Crippen molar-refractivity contribution >= 4 is 28.9 Å². The molecule has 6 heteroatoms. The average molecular weight is 290 g/mol. The molecule has 1 aliphatic rings. The van der Waals surface area contributed by atoms with E-state index in [9.17, 15) is 9.59 Å². The SMILES string of the molecule is CC(C)CN(CC(N)=O)c1cc2c(cc1N)CCC(=O)N2. The van der Waals surface area contributed by atoms with E-state index in [-0.39, 0.29) is 12.5 Å². The van der Waals surface area contributed by atoms with Crippen molar-refractivity contribution in [2.75, 3.05) is 29.0 Å². The molecule has 0 bridgehead atoms. The van der Waals surface area contributed by atoms with E-state index in [1.54, 1.807) is 0 Å². The maximum Gasteiger partial charge on any atom is 0.236 e. The number of fused-ring (bicyclic) bond motifs is 1. The van der Waals surface area contributed by atoms with Gasteiger partial charge in [0, 0.05) is 18.7 Å². The Hall–Kier alpha value is -2.24. The number of anilines is 3. The summed E-state index contributed by atoms with van der Waals surface area (Å²) in [6.45, 7) is 4.89. The zero-order valence-electron chi connectivity index (χ0n) is 12.5.